The lowest BCUT2D eigenvalue weighted by molar-refractivity contribution is -0.121. The van der Waals surface area contributed by atoms with Gasteiger partial charge in [-0.2, -0.15) is 0 Å². The minimum absolute atomic E-state index is 0.0698. The van der Waals surface area contributed by atoms with Crippen molar-refractivity contribution in [2.45, 2.75) is 32.6 Å². The van der Waals surface area contributed by atoms with Gasteiger partial charge in [0.1, 0.15) is 0 Å². The molecule has 142 valence electrons. The zero-order valence-electron chi connectivity index (χ0n) is 15.6. The summed E-state index contributed by atoms with van der Waals surface area (Å²) in [6, 6.07) is 15.9. The summed E-state index contributed by atoms with van der Waals surface area (Å²) in [6.45, 7) is 3.16. The summed E-state index contributed by atoms with van der Waals surface area (Å²) in [7, 11) is 1.74. The number of fused-ring (bicyclic) bond motifs is 1. The van der Waals surface area contributed by atoms with E-state index in [1.54, 1.807) is 11.9 Å². The van der Waals surface area contributed by atoms with E-state index in [4.69, 9.17) is 0 Å². The van der Waals surface area contributed by atoms with Crippen molar-refractivity contribution in [3.63, 3.8) is 0 Å². The number of rotatable bonds is 7. The molecular formula is C21H26N4O2. The van der Waals surface area contributed by atoms with Gasteiger partial charge in [0.05, 0.1) is 0 Å². The highest BCUT2D eigenvalue weighted by Gasteiger charge is 2.11. The number of nitrogens with zero attached hydrogens (tertiary/aromatic N) is 1. The molecule has 1 aliphatic heterocycles. The van der Waals surface area contributed by atoms with Crippen LogP contribution in [0.5, 0.6) is 0 Å². The lowest BCUT2D eigenvalue weighted by atomic mass is 10.1. The summed E-state index contributed by atoms with van der Waals surface area (Å²) < 4.78 is 0. The SMILES string of the molecule is CN(Cc1ccccc1)C(=O)NCCC(=O)NCc1ccc2c(c1)CNC2. The van der Waals surface area contributed by atoms with Gasteiger partial charge < -0.3 is 20.9 Å². The molecule has 0 saturated heterocycles. The maximum atomic E-state index is 12.1. The highest BCUT2D eigenvalue weighted by Crippen LogP contribution is 2.16. The highest BCUT2D eigenvalue weighted by molar-refractivity contribution is 5.78. The fourth-order valence-electron chi connectivity index (χ4n) is 3.09. The van der Waals surface area contributed by atoms with E-state index in [1.165, 1.54) is 11.1 Å². The third-order valence-electron chi connectivity index (χ3n) is 4.63. The second-order valence-corrected chi connectivity index (χ2v) is 6.81. The molecule has 1 heterocycles. The van der Waals surface area contributed by atoms with Crippen LogP contribution in [0.3, 0.4) is 0 Å². The van der Waals surface area contributed by atoms with Crippen LogP contribution in [0.2, 0.25) is 0 Å². The van der Waals surface area contributed by atoms with E-state index in [9.17, 15) is 9.59 Å². The van der Waals surface area contributed by atoms with Crippen LogP contribution in [0.1, 0.15) is 28.7 Å². The molecular weight excluding hydrogens is 340 g/mol. The number of carbonyl (C=O) groups excluding carboxylic acids is 2. The van der Waals surface area contributed by atoms with Crippen molar-refractivity contribution in [3.8, 4) is 0 Å². The van der Waals surface area contributed by atoms with Gasteiger partial charge in [-0.05, 0) is 22.3 Å². The molecule has 3 rings (SSSR count). The third kappa shape index (κ3) is 5.56. The molecule has 0 spiro atoms. The molecule has 0 atom stereocenters. The Hall–Kier alpha value is -2.86. The monoisotopic (exact) mass is 366 g/mol. The zero-order valence-corrected chi connectivity index (χ0v) is 15.6. The quantitative estimate of drug-likeness (QED) is 0.703. The fraction of sp³-hybridized carbons (Fsp3) is 0.333. The number of urea groups is 1. The Balaban J connectivity index is 1.35. The highest BCUT2D eigenvalue weighted by atomic mass is 16.2. The predicted octanol–water partition coefficient (Wildman–Crippen LogP) is 2.14. The molecule has 3 N–H and O–H groups in total. The largest absolute Gasteiger partial charge is 0.352 e. The van der Waals surface area contributed by atoms with Gasteiger partial charge in [-0.25, -0.2) is 4.79 Å². The van der Waals surface area contributed by atoms with Gasteiger partial charge in [0.15, 0.2) is 0 Å². The first-order valence-electron chi connectivity index (χ1n) is 9.23. The van der Waals surface area contributed by atoms with Crippen LogP contribution in [0.4, 0.5) is 4.79 Å². The van der Waals surface area contributed by atoms with Crippen LogP contribution in [-0.2, 0) is 31.0 Å². The molecule has 1 aliphatic rings. The minimum Gasteiger partial charge on any atom is -0.352 e. The smallest absolute Gasteiger partial charge is 0.317 e. The average Bonchev–Trinajstić information content (AvgIpc) is 3.15. The summed E-state index contributed by atoms with van der Waals surface area (Å²) in [5.74, 6) is -0.0698. The second-order valence-electron chi connectivity index (χ2n) is 6.81. The number of nitrogens with one attached hydrogen (secondary N) is 3. The first-order valence-corrected chi connectivity index (χ1v) is 9.23. The van der Waals surface area contributed by atoms with Crippen molar-refractivity contribution in [2.24, 2.45) is 0 Å². The minimum atomic E-state index is -0.183. The van der Waals surface area contributed by atoms with Crippen molar-refractivity contribution < 1.29 is 9.59 Å². The molecule has 0 aliphatic carbocycles. The summed E-state index contributed by atoms with van der Waals surface area (Å²) in [5.41, 5.74) is 4.79. The molecule has 0 fully saturated rings. The van der Waals surface area contributed by atoms with Gasteiger partial charge in [0.25, 0.3) is 0 Å². The maximum Gasteiger partial charge on any atom is 0.317 e. The molecule has 27 heavy (non-hydrogen) atoms. The van der Waals surface area contributed by atoms with Crippen LogP contribution in [0, 0.1) is 0 Å². The summed E-state index contributed by atoms with van der Waals surface area (Å²) in [6.07, 6.45) is 0.261. The molecule has 6 heteroatoms. The number of amides is 3. The summed E-state index contributed by atoms with van der Waals surface area (Å²) >= 11 is 0. The normalized spacial score (nSPS) is 12.3. The third-order valence-corrected chi connectivity index (χ3v) is 4.63. The van der Waals surface area contributed by atoms with Crippen molar-refractivity contribution >= 4 is 11.9 Å². The molecule has 6 nitrogen and oxygen atoms in total. The standard InChI is InChI=1S/C21H26N4O2/c1-25(15-16-5-3-2-4-6-16)21(27)23-10-9-20(26)24-12-17-7-8-18-13-22-14-19(18)11-17/h2-8,11,22H,9-10,12-15H2,1H3,(H,23,27)(H,24,26). The Morgan fingerprint density at radius 3 is 2.59 bits per heavy atom. The second kappa shape index (κ2) is 9.19. The van der Waals surface area contributed by atoms with E-state index in [2.05, 4.69) is 28.1 Å². The van der Waals surface area contributed by atoms with E-state index in [0.717, 1.165) is 24.2 Å². The molecule has 3 amide bonds. The molecule has 0 bridgehead atoms. The predicted molar refractivity (Wildman–Crippen MR) is 105 cm³/mol. The average molecular weight is 366 g/mol. The van der Waals surface area contributed by atoms with Gasteiger partial charge >= 0.3 is 6.03 Å². The van der Waals surface area contributed by atoms with Crippen LogP contribution < -0.4 is 16.0 Å². The van der Waals surface area contributed by atoms with Crippen molar-refractivity contribution in [1.82, 2.24) is 20.9 Å². The molecule has 0 unspecified atom stereocenters. The first-order chi connectivity index (χ1) is 13.1. The van der Waals surface area contributed by atoms with Gasteiger partial charge in [-0.15, -0.1) is 0 Å². The fourth-order valence-corrected chi connectivity index (χ4v) is 3.09. The molecule has 0 aromatic heterocycles. The number of hydrogen-bond donors (Lipinski definition) is 3. The van der Waals surface area contributed by atoms with E-state index >= 15 is 0 Å². The van der Waals surface area contributed by atoms with E-state index in [0.29, 0.717) is 19.6 Å². The Labute approximate surface area is 159 Å². The Morgan fingerprint density at radius 2 is 1.78 bits per heavy atom. The van der Waals surface area contributed by atoms with Crippen LogP contribution in [0.15, 0.2) is 48.5 Å². The molecule has 2 aromatic carbocycles. The van der Waals surface area contributed by atoms with Gasteiger partial charge in [0.2, 0.25) is 5.91 Å². The van der Waals surface area contributed by atoms with Crippen molar-refractivity contribution in [1.29, 1.82) is 0 Å². The molecule has 0 radical (unpaired) electrons. The Kier molecular flexibility index (Phi) is 6.44. The lowest BCUT2D eigenvalue weighted by Crippen LogP contribution is -2.38. The number of hydrogen-bond acceptors (Lipinski definition) is 3. The van der Waals surface area contributed by atoms with E-state index in [1.807, 2.05) is 36.4 Å². The van der Waals surface area contributed by atoms with Crippen LogP contribution in [0.25, 0.3) is 0 Å². The lowest BCUT2D eigenvalue weighted by Gasteiger charge is -2.18. The van der Waals surface area contributed by atoms with Crippen LogP contribution >= 0.6 is 0 Å². The van der Waals surface area contributed by atoms with E-state index < -0.39 is 0 Å². The van der Waals surface area contributed by atoms with Gasteiger partial charge in [-0.1, -0.05) is 48.5 Å². The van der Waals surface area contributed by atoms with Crippen molar-refractivity contribution in [3.05, 3.63) is 70.8 Å². The summed E-state index contributed by atoms with van der Waals surface area (Å²) in [4.78, 5) is 25.7. The Bertz CT molecular complexity index is 792. The number of benzene rings is 2. The summed E-state index contributed by atoms with van der Waals surface area (Å²) in [5, 5.41) is 9.00. The van der Waals surface area contributed by atoms with Crippen molar-refractivity contribution in [2.75, 3.05) is 13.6 Å². The topological polar surface area (TPSA) is 73.5 Å². The maximum absolute atomic E-state index is 12.1. The first kappa shape index (κ1) is 18.9. The Morgan fingerprint density at radius 1 is 1.00 bits per heavy atom. The van der Waals surface area contributed by atoms with Crippen LogP contribution in [-0.4, -0.2) is 30.4 Å². The zero-order chi connectivity index (χ0) is 19.1. The van der Waals surface area contributed by atoms with E-state index in [-0.39, 0.29) is 18.4 Å². The van der Waals surface area contributed by atoms with Gasteiger partial charge in [-0.3, -0.25) is 4.79 Å². The molecule has 2 aromatic rings. The van der Waals surface area contributed by atoms with Gasteiger partial charge in [0, 0.05) is 46.2 Å². The molecule has 0 saturated carbocycles. The number of carbonyl (C=O) groups is 2.